The zero-order valence-corrected chi connectivity index (χ0v) is 4.07. The molecule has 0 aromatic rings. The van der Waals surface area contributed by atoms with E-state index in [9.17, 15) is 0 Å². The van der Waals surface area contributed by atoms with Crippen molar-refractivity contribution in [3.63, 3.8) is 0 Å². The summed E-state index contributed by atoms with van der Waals surface area (Å²) in [5.74, 6) is 0. The van der Waals surface area contributed by atoms with Gasteiger partial charge in [0.1, 0.15) is 0 Å². The van der Waals surface area contributed by atoms with Gasteiger partial charge in [0.05, 0.1) is 0 Å². The van der Waals surface area contributed by atoms with Gasteiger partial charge in [0.25, 0.3) is 0 Å². The first kappa shape index (κ1) is 4.66. The van der Waals surface area contributed by atoms with E-state index < -0.39 is 0 Å². The van der Waals surface area contributed by atoms with Crippen LogP contribution >= 0.6 is 24.8 Å². The van der Waals surface area contributed by atoms with Crippen molar-refractivity contribution in [3.8, 4) is 0 Å². The Morgan fingerprint density at radius 1 is 2.00 bits per heavy atom. The van der Waals surface area contributed by atoms with Gasteiger partial charge in [0.15, 0.2) is 0 Å². The molecule has 0 amide bonds. The van der Waals surface area contributed by atoms with Crippen LogP contribution in [0.2, 0.25) is 0 Å². The average Bonchev–Trinajstić information content (AvgIpc) is 1.37. The van der Waals surface area contributed by atoms with Gasteiger partial charge in [-0.15, -0.1) is 0 Å². The summed E-state index contributed by atoms with van der Waals surface area (Å²) in [5, 5.41) is 0. The third-order valence-electron chi connectivity index (χ3n) is 0.0913. The highest BCUT2D eigenvalue weighted by atomic mass is 32.2. The van der Waals surface area contributed by atoms with Gasteiger partial charge in [0.2, 0.25) is 0 Å². The van der Waals surface area contributed by atoms with Crippen molar-refractivity contribution >= 4 is 24.8 Å². The summed E-state index contributed by atoms with van der Waals surface area (Å²) >= 11 is 5.10. The molecular formula is CH5NS2. The summed E-state index contributed by atoms with van der Waals surface area (Å²) in [7, 11) is 0. The van der Waals surface area contributed by atoms with E-state index >= 15 is 0 Å². The number of thiol groups is 1. The lowest BCUT2D eigenvalue weighted by atomic mass is 12.0. The Morgan fingerprint density at radius 3 is 2.25 bits per heavy atom. The van der Waals surface area contributed by atoms with Crippen LogP contribution in [0.25, 0.3) is 0 Å². The Morgan fingerprint density at radius 2 is 2.25 bits per heavy atom. The minimum Gasteiger partial charge on any atom is -0.211 e. The topological polar surface area (TPSA) is 12.0 Å². The molecule has 0 heterocycles. The average molecular weight is 95.2 g/mol. The van der Waals surface area contributed by atoms with Crippen LogP contribution in [0, 0.1) is 0 Å². The van der Waals surface area contributed by atoms with E-state index in [0.717, 1.165) is 0 Å². The molecule has 0 aromatic heterocycles. The molecule has 0 saturated heterocycles. The highest BCUT2D eigenvalue weighted by molar-refractivity contribution is 8.05. The lowest BCUT2D eigenvalue weighted by Crippen LogP contribution is -1.72. The molecule has 1 N–H and O–H groups in total. The Balaban J connectivity index is 1.97. The van der Waals surface area contributed by atoms with Gasteiger partial charge in [-0.2, -0.15) is 0 Å². The first-order valence-electron chi connectivity index (χ1n) is 0.836. The molecule has 1 nitrogen and oxygen atoms in total. The number of hydrogen-bond acceptors (Lipinski definition) is 3. The smallest absolute Gasteiger partial charge is 0.00292 e. The standard InChI is InChI=1S/CH5NS2/c1-4-2-3/h2-3H,1H3. The van der Waals surface area contributed by atoms with E-state index in [-0.39, 0.29) is 0 Å². The lowest BCUT2D eigenvalue weighted by Gasteiger charge is -1.74. The monoisotopic (exact) mass is 95.0 g/mol. The zero-order valence-electron chi connectivity index (χ0n) is 2.36. The van der Waals surface area contributed by atoms with E-state index in [1.54, 1.807) is 0 Å². The van der Waals surface area contributed by atoms with Gasteiger partial charge in [-0.1, -0.05) is 24.8 Å². The van der Waals surface area contributed by atoms with Crippen LogP contribution in [0.15, 0.2) is 0 Å². The predicted molar refractivity (Wildman–Crippen MR) is 25.6 cm³/mol. The summed E-state index contributed by atoms with van der Waals surface area (Å²) in [6, 6.07) is 0. The van der Waals surface area contributed by atoms with Crippen molar-refractivity contribution in [2.24, 2.45) is 0 Å². The molecule has 26 valence electrons. The Kier molecular flexibility index (Phi) is 4.26. The van der Waals surface area contributed by atoms with Gasteiger partial charge in [-0.25, -0.2) is 4.13 Å². The molecule has 0 rings (SSSR count). The van der Waals surface area contributed by atoms with E-state index in [1.807, 2.05) is 6.26 Å². The van der Waals surface area contributed by atoms with Crippen molar-refractivity contribution < 1.29 is 0 Å². The highest BCUT2D eigenvalue weighted by Crippen LogP contribution is 1.78. The van der Waals surface area contributed by atoms with Crippen molar-refractivity contribution in [2.45, 2.75) is 0 Å². The maximum absolute atomic E-state index is 3.63. The second-order valence-electron chi connectivity index (χ2n) is 0.295. The molecular weight excluding hydrogens is 90.2 g/mol. The molecule has 4 heavy (non-hydrogen) atoms. The highest BCUT2D eigenvalue weighted by Gasteiger charge is 1.51. The van der Waals surface area contributed by atoms with Crippen LogP contribution in [-0.2, 0) is 0 Å². The summed E-state index contributed by atoms with van der Waals surface area (Å²) in [4.78, 5) is 0. The molecule has 0 atom stereocenters. The van der Waals surface area contributed by atoms with Crippen LogP contribution in [0.5, 0.6) is 0 Å². The molecule has 3 heteroatoms. The fourth-order valence-corrected chi connectivity index (χ4v) is 0. The van der Waals surface area contributed by atoms with Gasteiger partial charge < -0.3 is 0 Å². The second kappa shape index (κ2) is 3.66. The second-order valence-corrected chi connectivity index (χ2v) is 1.43. The minimum atomic E-state index is 1.47. The van der Waals surface area contributed by atoms with Gasteiger partial charge in [-0.3, -0.25) is 0 Å². The summed E-state index contributed by atoms with van der Waals surface area (Å²) in [6.45, 7) is 0. The Bertz CT molecular complexity index is 8.00. The molecule has 0 aliphatic rings. The van der Waals surface area contributed by atoms with E-state index in [1.165, 1.54) is 11.9 Å². The molecule has 0 aliphatic heterocycles. The summed E-state index contributed by atoms with van der Waals surface area (Å²) < 4.78 is 2.54. The largest absolute Gasteiger partial charge is 0.211 e. The van der Waals surface area contributed by atoms with E-state index in [0.29, 0.717) is 0 Å². The SMILES string of the molecule is CSNS. The summed E-state index contributed by atoms with van der Waals surface area (Å²) in [6.07, 6.45) is 1.91. The third kappa shape index (κ3) is 2.66. The van der Waals surface area contributed by atoms with Gasteiger partial charge >= 0.3 is 0 Å². The molecule has 0 unspecified atom stereocenters. The number of rotatable bonds is 1. The van der Waals surface area contributed by atoms with Crippen molar-refractivity contribution in [2.75, 3.05) is 6.26 Å². The molecule has 0 radical (unpaired) electrons. The molecule has 0 spiro atoms. The van der Waals surface area contributed by atoms with Crippen LogP contribution in [0.1, 0.15) is 0 Å². The molecule has 0 aliphatic carbocycles. The first-order chi connectivity index (χ1) is 1.91. The molecule has 0 saturated carbocycles. The van der Waals surface area contributed by atoms with Crippen LogP contribution < -0.4 is 4.13 Å². The maximum atomic E-state index is 3.63. The van der Waals surface area contributed by atoms with Crippen LogP contribution in [-0.4, -0.2) is 6.26 Å². The summed E-state index contributed by atoms with van der Waals surface area (Å²) in [5.41, 5.74) is 0. The van der Waals surface area contributed by atoms with Crippen molar-refractivity contribution in [3.05, 3.63) is 0 Å². The minimum absolute atomic E-state index is 1.47. The quantitative estimate of drug-likeness (QED) is 0.367. The predicted octanol–water partition coefficient (Wildman–Crippen LogP) is 0.699. The fourth-order valence-electron chi connectivity index (χ4n) is 0. The van der Waals surface area contributed by atoms with E-state index in [4.69, 9.17) is 0 Å². The van der Waals surface area contributed by atoms with E-state index in [2.05, 4.69) is 16.9 Å². The van der Waals surface area contributed by atoms with Crippen molar-refractivity contribution in [1.29, 1.82) is 0 Å². The van der Waals surface area contributed by atoms with Crippen molar-refractivity contribution in [1.82, 2.24) is 4.13 Å². The van der Waals surface area contributed by atoms with Gasteiger partial charge in [0, 0.05) is 0 Å². The molecule has 0 bridgehead atoms. The van der Waals surface area contributed by atoms with Crippen LogP contribution in [0.3, 0.4) is 0 Å². The first-order valence-corrected chi connectivity index (χ1v) is 2.51. The Labute approximate surface area is 35.8 Å². The number of nitrogens with one attached hydrogen (secondary N) is 1. The third-order valence-corrected chi connectivity index (χ3v) is 0.822. The van der Waals surface area contributed by atoms with Crippen LogP contribution in [0.4, 0.5) is 0 Å². The lowest BCUT2D eigenvalue weighted by molar-refractivity contribution is 1.79. The molecule has 0 fully saturated rings. The maximum Gasteiger partial charge on any atom is -0.00292 e. The fraction of sp³-hybridized carbons (Fsp3) is 1.00. The Hall–Kier alpha value is 0.660. The number of hydrogen-bond donors (Lipinski definition) is 2. The normalized spacial score (nSPS) is 7.50. The molecule has 0 aromatic carbocycles. The zero-order chi connectivity index (χ0) is 3.41. The van der Waals surface area contributed by atoms with Gasteiger partial charge in [-0.05, 0) is 6.26 Å².